The third-order valence-electron chi connectivity index (χ3n) is 4.57. The van der Waals surface area contributed by atoms with Crippen molar-refractivity contribution >= 4 is 23.3 Å². The molecule has 3 amide bonds. The van der Waals surface area contributed by atoms with Gasteiger partial charge < -0.3 is 20.4 Å². The highest BCUT2D eigenvalue weighted by molar-refractivity contribution is 5.95. The minimum Gasteiger partial charge on any atom is -0.368 e. The predicted molar refractivity (Wildman–Crippen MR) is 108 cm³/mol. The molecule has 0 bridgehead atoms. The standard InChI is InChI=1S/C21H25FN4O2/c1-15(2)23-21(28)24-18-7-3-16(4-8-18)20(27)26-13-11-25(12-14-26)19-9-5-17(22)6-10-19/h3-10,15H,11-14H2,1-2H3,(H2,23,24,28). The number of urea groups is 1. The Balaban J connectivity index is 1.54. The molecule has 0 radical (unpaired) electrons. The summed E-state index contributed by atoms with van der Waals surface area (Å²) in [5.41, 5.74) is 2.18. The summed E-state index contributed by atoms with van der Waals surface area (Å²) in [5, 5.41) is 5.49. The summed E-state index contributed by atoms with van der Waals surface area (Å²) in [7, 11) is 0. The number of amides is 3. The van der Waals surface area contributed by atoms with Crippen molar-refractivity contribution in [2.24, 2.45) is 0 Å². The monoisotopic (exact) mass is 384 g/mol. The van der Waals surface area contributed by atoms with E-state index >= 15 is 0 Å². The van der Waals surface area contributed by atoms with E-state index in [-0.39, 0.29) is 23.8 Å². The zero-order valence-electron chi connectivity index (χ0n) is 16.1. The molecule has 0 spiro atoms. The molecule has 2 N–H and O–H groups in total. The summed E-state index contributed by atoms with van der Waals surface area (Å²) in [6.07, 6.45) is 0. The molecule has 3 rings (SSSR count). The Labute approximate surface area is 164 Å². The summed E-state index contributed by atoms with van der Waals surface area (Å²) in [6.45, 7) is 6.38. The molecule has 0 aliphatic carbocycles. The van der Waals surface area contributed by atoms with E-state index in [1.165, 1.54) is 12.1 Å². The van der Waals surface area contributed by atoms with Crippen LogP contribution in [0.3, 0.4) is 0 Å². The largest absolute Gasteiger partial charge is 0.368 e. The topological polar surface area (TPSA) is 64.7 Å². The van der Waals surface area contributed by atoms with Crippen LogP contribution in [-0.4, -0.2) is 49.1 Å². The number of carbonyl (C=O) groups is 2. The quantitative estimate of drug-likeness (QED) is 0.850. The molecule has 1 aliphatic rings. The van der Waals surface area contributed by atoms with Crippen LogP contribution in [0.15, 0.2) is 48.5 Å². The fourth-order valence-electron chi connectivity index (χ4n) is 3.13. The summed E-state index contributed by atoms with van der Waals surface area (Å²) >= 11 is 0. The summed E-state index contributed by atoms with van der Waals surface area (Å²) in [4.78, 5) is 28.4. The van der Waals surface area contributed by atoms with E-state index in [1.807, 2.05) is 18.7 Å². The van der Waals surface area contributed by atoms with E-state index in [2.05, 4.69) is 15.5 Å². The summed E-state index contributed by atoms with van der Waals surface area (Å²) in [6, 6.07) is 13.1. The van der Waals surface area contributed by atoms with Crippen molar-refractivity contribution in [1.29, 1.82) is 0 Å². The van der Waals surface area contributed by atoms with Gasteiger partial charge in [0.15, 0.2) is 0 Å². The third-order valence-corrected chi connectivity index (χ3v) is 4.57. The number of hydrogen-bond acceptors (Lipinski definition) is 3. The smallest absolute Gasteiger partial charge is 0.319 e. The highest BCUT2D eigenvalue weighted by atomic mass is 19.1. The van der Waals surface area contributed by atoms with Crippen LogP contribution in [0, 0.1) is 5.82 Å². The fourth-order valence-corrected chi connectivity index (χ4v) is 3.13. The zero-order chi connectivity index (χ0) is 20.1. The molecule has 0 atom stereocenters. The van der Waals surface area contributed by atoms with Gasteiger partial charge >= 0.3 is 6.03 Å². The van der Waals surface area contributed by atoms with Gasteiger partial charge in [-0.05, 0) is 62.4 Å². The number of nitrogens with zero attached hydrogens (tertiary/aromatic N) is 2. The van der Waals surface area contributed by atoms with Gasteiger partial charge in [-0.15, -0.1) is 0 Å². The van der Waals surface area contributed by atoms with E-state index in [9.17, 15) is 14.0 Å². The van der Waals surface area contributed by atoms with E-state index in [0.717, 1.165) is 5.69 Å². The normalized spacial score (nSPS) is 14.1. The second-order valence-corrected chi connectivity index (χ2v) is 7.09. The maximum atomic E-state index is 13.1. The number of anilines is 2. The third kappa shape index (κ3) is 5.00. The molecule has 28 heavy (non-hydrogen) atoms. The first-order chi connectivity index (χ1) is 13.4. The predicted octanol–water partition coefficient (Wildman–Crippen LogP) is 3.32. The minimum absolute atomic E-state index is 0.0306. The van der Waals surface area contributed by atoms with Gasteiger partial charge in [-0.2, -0.15) is 0 Å². The van der Waals surface area contributed by atoms with Gasteiger partial charge in [-0.3, -0.25) is 4.79 Å². The molecule has 0 aromatic heterocycles. The molecule has 2 aromatic rings. The summed E-state index contributed by atoms with van der Waals surface area (Å²) < 4.78 is 13.1. The average molecular weight is 384 g/mol. The van der Waals surface area contributed by atoms with Crippen molar-refractivity contribution in [2.45, 2.75) is 19.9 Å². The van der Waals surface area contributed by atoms with Gasteiger partial charge in [0.1, 0.15) is 5.82 Å². The number of benzene rings is 2. The second kappa shape index (κ2) is 8.73. The SMILES string of the molecule is CC(C)NC(=O)Nc1ccc(C(=O)N2CCN(c3ccc(F)cc3)CC2)cc1. The van der Waals surface area contributed by atoms with Crippen molar-refractivity contribution in [3.63, 3.8) is 0 Å². The number of hydrogen-bond donors (Lipinski definition) is 2. The van der Waals surface area contributed by atoms with Gasteiger partial charge in [0.2, 0.25) is 0 Å². The van der Waals surface area contributed by atoms with Gasteiger partial charge in [-0.25, -0.2) is 9.18 Å². The van der Waals surface area contributed by atoms with Crippen LogP contribution in [0.2, 0.25) is 0 Å². The van der Waals surface area contributed by atoms with E-state index in [4.69, 9.17) is 0 Å². The molecule has 1 aliphatic heterocycles. The Morgan fingerprint density at radius 3 is 2.11 bits per heavy atom. The maximum absolute atomic E-state index is 13.1. The summed E-state index contributed by atoms with van der Waals surface area (Å²) in [5.74, 6) is -0.283. The Morgan fingerprint density at radius 1 is 0.929 bits per heavy atom. The molecule has 6 nitrogen and oxygen atoms in total. The first-order valence-electron chi connectivity index (χ1n) is 9.40. The number of halogens is 1. The Kier molecular flexibility index (Phi) is 6.13. The molecule has 1 saturated heterocycles. The van der Waals surface area contributed by atoms with Crippen LogP contribution in [0.25, 0.3) is 0 Å². The lowest BCUT2D eigenvalue weighted by molar-refractivity contribution is 0.0747. The average Bonchev–Trinajstić information content (AvgIpc) is 2.68. The van der Waals surface area contributed by atoms with Gasteiger partial charge in [-0.1, -0.05) is 0 Å². The zero-order valence-corrected chi connectivity index (χ0v) is 16.1. The van der Waals surface area contributed by atoms with Crippen molar-refractivity contribution in [3.05, 3.63) is 59.9 Å². The van der Waals surface area contributed by atoms with Gasteiger partial charge in [0.05, 0.1) is 0 Å². The van der Waals surface area contributed by atoms with Crippen LogP contribution in [0.4, 0.5) is 20.6 Å². The lowest BCUT2D eigenvalue weighted by atomic mass is 10.1. The second-order valence-electron chi connectivity index (χ2n) is 7.09. The molecular formula is C21H25FN4O2. The van der Waals surface area contributed by atoms with Crippen molar-refractivity contribution < 1.29 is 14.0 Å². The first kappa shape index (κ1) is 19.7. The van der Waals surface area contributed by atoms with Crippen LogP contribution < -0.4 is 15.5 Å². The molecule has 2 aromatic carbocycles. The minimum atomic E-state index is -0.272. The Hall–Kier alpha value is -3.09. The number of nitrogens with one attached hydrogen (secondary N) is 2. The molecule has 1 heterocycles. The fraction of sp³-hybridized carbons (Fsp3) is 0.333. The molecule has 1 fully saturated rings. The molecule has 0 unspecified atom stereocenters. The van der Waals surface area contributed by atoms with Gasteiger partial charge in [0, 0.05) is 49.2 Å². The van der Waals surface area contributed by atoms with Crippen LogP contribution in [0.1, 0.15) is 24.2 Å². The van der Waals surface area contributed by atoms with Crippen molar-refractivity contribution in [2.75, 3.05) is 36.4 Å². The lowest BCUT2D eigenvalue weighted by Gasteiger charge is -2.36. The van der Waals surface area contributed by atoms with Gasteiger partial charge in [0.25, 0.3) is 5.91 Å². The molecule has 148 valence electrons. The number of piperazine rings is 1. The van der Waals surface area contributed by atoms with Crippen LogP contribution in [-0.2, 0) is 0 Å². The van der Waals surface area contributed by atoms with Crippen LogP contribution >= 0.6 is 0 Å². The van der Waals surface area contributed by atoms with E-state index in [1.54, 1.807) is 36.4 Å². The van der Waals surface area contributed by atoms with E-state index in [0.29, 0.717) is 37.4 Å². The van der Waals surface area contributed by atoms with Crippen LogP contribution in [0.5, 0.6) is 0 Å². The molecular weight excluding hydrogens is 359 g/mol. The molecule has 7 heteroatoms. The highest BCUT2D eigenvalue weighted by Gasteiger charge is 2.22. The molecule has 0 saturated carbocycles. The van der Waals surface area contributed by atoms with Crippen molar-refractivity contribution in [3.8, 4) is 0 Å². The number of rotatable bonds is 4. The maximum Gasteiger partial charge on any atom is 0.319 e. The Bertz CT molecular complexity index is 813. The highest BCUT2D eigenvalue weighted by Crippen LogP contribution is 2.18. The van der Waals surface area contributed by atoms with E-state index < -0.39 is 0 Å². The first-order valence-corrected chi connectivity index (χ1v) is 9.40. The van der Waals surface area contributed by atoms with Crippen molar-refractivity contribution in [1.82, 2.24) is 10.2 Å². The Morgan fingerprint density at radius 2 is 1.54 bits per heavy atom. The lowest BCUT2D eigenvalue weighted by Crippen LogP contribution is -2.48. The number of carbonyl (C=O) groups excluding carboxylic acids is 2.